The normalized spacial score (nSPS) is 10.4. The van der Waals surface area contributed by atoms with E-state index in [4.69, 9.17) is 4.74 Å². The highest BCUT2D eigenvalue weighted by molar-refractivity contribution is 5.99. The summed E-state index contributed by atoms with van der Waals surface area (Å²) in [6, 6.07) is 12.1. The first-order valence-corrected chi connectivity index (χ1v) is 7.91. The third kappa shape index (κ3) is 5.04. The van der Waals surface area contributed by atoms with Gasteiger partial charge in [-0.15, -0.1) is 0 Å². The van der Waals surface area contributed by atoms with E-state index in [2.05, 4.69) is 5.32 Å². The molecule has 0 bridgehead atoms. The topological polar surface area (TPSA) is 58.6 Å². The Balaban J connectivity index is 2.10. The van der Waals surface area contributed by atoms with Gasteiger partial charge in [0.1, 0.15) is 18.1 Å². The predicted molar refractivity (Wildman–Crippen MR) is 94.2 cm³/mol. The molecule has 0 radical (unpaired) electrons. The van der Waals surface area contributed by atoms with Crippen LogP contribution in [0.15, 0.2) is 48.5 Å². The second-order valence-corrected chi connectivity index (χ2v) is 5.81. The number of ether oxygens (including phenoxy) is 1. The number of carbonyl (C=O) groups is 2. The molecule has 5 nitrogen and oxygen atoms in total. The first kappa shape index (κ1) is 18.4. The molecule has 0 fully saturated rings. The van der Waals surface area contributed by atoms with Crippen LogP contribution in [-0.2, 0) is 4.79 Å². The summed E-state index contributed by atoms with van der Waals surface area (Å²) in [6.07, 6.45) is 0. The van der Waals surface area contributed by atoms with Crippen molar-refractivity contribution in [3.8, 4) is 5.75 Å². The van der Waals surface area contributed by atoms with Crippen LogP contribution < -0.4 is 10.1 Å². The fourth-order valence-electron chi connectivity index (χ4n) is 2.30. The molecule has 0 aliphatic rings. The standard InChI is InChI=1S/C19H21FN2O3/c1-13(2)22(19(24)14-5-4-6-17(11-14)25-3)12-18(23)21-16-9-7-15(20)8-10-16/h4-11,13H,12H2,1-3H3,(H,21,23). The Hall–Kier alpha value is -2.89. The SMILES string of the molecule is COc1cccc(C(=O)N(CC(=O)Nc2ccc(F)cc2)C(C)C)c1. The second kappa shape index (κ2) is 8.28. The van der Waals surface area contributed by atoms with Crippen LogP contribution in [0.3, 0.4) is 0 Å². The number of carbonyl (C=O) groups excluding carboxylic acids is 2. The molecule has 0 spiro atoms. The van der Waals surface area contributed by atoms with Crippen LogP contribution in [0.4, 0.5) is 10.1 Å². The highest BCUT2D eigenvalue weighted by atomic mass is 19.1. The highest BCUT2D eigenvalue weighted by Crippen LogP contribution is 2.16. The largest absolute Gasteiger partial charge is 0.497 e. The number of hydrogen-bond acceptors (Lipinski definition) is 3. The lowest BCUT2D eigenvalue weighted by Crippen LogP contribution is -2.42. The summed E-state index contributed by atoms with van der Waals surface area (Å²) in [6.45, 7) is 3.57. The molecule has 2 amide bonds. The molecule has 0 aromatic heterocycles. The maximum atomic E-state index is 12.9. The van der Waals surface area contributed by atoms with Crippen molar-refractivity contribution in [3.05, 3.63) is 59.9 Å². The van der Waals surface area contributed by atoms with E-state index in [1.165, 1.54) is 36.3 Å². The average molecular weight is 344 g/mol. The van der Waals surface area contributed by atoms with Gasteiger partial charge in [0.05, 0.1) is 7.11 Å². The smallest absolute Gasteiger partial charge is 0.254 e. The van der Waals surface area contributed by atoms with Crippen LogP contribution >= 0.6 is 0 Å². The molecule has 0 aliphatic heterocycles. The van der Waals surface area contributed by atoms with Crippen molar-refractivity contribution in [2.45, 2.75) is 19.9 Å². The summed E-state index contributed by atoms with van der Waals surface area (Å²) in [7, 11) is 1.53. The van der Waals surface area contributed by atoms with Crippen molar-refractivity contribution < 1.29 is 18.7 Å². The third-order valence-electron chi connectivity index (χ3n) is 3.64. The first-order chi connectivity index (χ1) is 11.9. The Morgan fingerprint density at radius 1 is 1.16 bits per heavy atom. The fourth-order valence-corrected chi connectivity index (χ4v) is 2.30. The van der Waals surface area contributed by atoms with E-state index >= 15 is 0 Å². The summed E-state index contributed by atoms with van der Waals surface area (Å²) < 4.78 is 18.1. The molecule has 2 rings (SSSR count). The molecule has 2 aromatic rings. The summed E-state index contributed by atoms with van der Waals surface area (Å²) in [5, 5.41) is 2.66. The molecule has 0 saturated carbocycles. The van der Waals surface area contributed by atoms with Crippen LogP contribution in [-0.4, -0.2) is 36.4 Å². The number of anilines is 1. The summed E-state index contributed by atoms with van der Waals surface area (Å²) in [5.74, 6) is -0.417. The molecule has 0 heterocycles. The van der Waals surface area contributed by atoms with Crippen molar-refractivity contribution in [3.63, 3.8) is 0 Å². The Kier molecular flexibility index (Phi) is 6.11. The van der Waals surface area contributed by atoms with E-state index in [9.17, 15) is 14.0 Å². The van der Waals surface area contributed by atoms with Crippen LogP contribution in [0.5, 0.6) is 5.75 Å². The lowest BCUT2D eigenvalue weighted by molar-refractivity contribution is -0.117. The molecular weight excluding hydrogens is 323 g/mol. The number of rotatable bonds is 6. The molecule has 0 aliphatic carbocycles. The number of nitrogens with one attached hydrogen (secondary N) is 1. The van der Waals surface area contributed by atoms with E-state index in [-0.39, 0.29) is 30.2 Å². The van der Waals surface area contributed by atoms with Gasteiger partial charge in [0.25, 0.3) is 5.91 Å². The maximum Gasteiger partial charge on any atom is 0.254 e. The first-order valence-electron chi connectivity index (χ1n) is 7.91. The fraction of sp³-hybridized carbons (Fsp3) is 0.263. The summed E-state index contributed by atoms with van der Waals surface area (Å²) in [5.41, 5.74) is 0.923. The monoisotopic (exact) mass is 344 g/mol. The quantitative estimate of drug-likeness (QED) is 0.874. The Morgan fingerprint density at radius 3 is 2.44 bits per heavy atom. The second-order valence-electron chi connectivity index (χ2n) is 5.81. The van der Waals surface area contributed by atoms with E-state index in [1.807, 2.05) is 13.8 Å². The molecule has 0 unspecified atom stereocenters. The Bertz CT molecular complexity index is 745. The van der Waals surface area contributed by atoms with Crippen LogP contribution in [0.2, 0.25) is 0 Å². The van der Waals surface area contributed by atoms with E-state index in [0.717, 1.165) is 0 Å². The van der Waals surface area contributed by atoms with Crippen molar-refractivity contribution in [2.24, 2.45) is 0 Å². The molecular formula is C19H21FN2O3. The summed E-state index contributed by atoms with van der Waals surface area (Å²) in [4.78, 5) is 26.4. The molecule has 0 saturated heterocycles. The van der Waals surface area contributed by atoms with Gasteiger partial charge < -0.3 is 15.0 Å². The van der Waals surface area contributed by atoms with Crippen molar-refractivity contribution in [1.29, 1.82) is 0 Å². The van der Waals surface area contributed by atoms with Gasteiger partial charge in [0.2, 0.25) is 5.91 Å². The van der Waals surface area contributed by atoms with Gasteiger partial charge in [-0.3, -0.25) is 9.59 Å². The zero-order valence-corrected chi connectivity index (χ0v) is 14.5. The number of benzene rings is 2. The number of methoxy groups -OCH3 is 1. The van der Waals surface area contributed by atoms with Gasteiger partial charge in [-0.05, 0) is 56.3 Å². The van der Waals surface area contributed by atoms with Gasteiger partial charge in [0, 0.05) is 17.3 Å². The van der Waals surface area contributed by atoms with Gasteiger partial charge in [0.15, 0.2) is 0 Å². The number of hydrogen-bond donors (Lipinski definition) is 1. The molecule has 25 heavy (non-hydrogen) atoms. The lowest BCUT2D eigenvalue weighted by Gasteiger charge is -2.26. The molecule has 2 aromatic carbocycles. The molecule has 6 heteroatoms. The minimum Gasteiger partial charge on any atom is -0.497 e. The van der Waals surface area contributed by atoms with Crippen LogP contribution in [0, 0.1) is 5.82 Å². The molecule has 1 N–H and O–H groups in total. The van der Waals surface area contributed by atoms with Crippen LogP contribution in [0.1, 0.15) is 24.2 Å². The van der Waals surface area contributed by atoms with Crippen molar-refractivity contribution in [2.75, 3.05) is 19.0 Å². The van der Waals surface area contributed by atoms with Gasteiger partial charge in [-0.25, -0.2) is 4.39 Å². The average Bonchev–Trinajstić information content (AvgIpc) is 2.61. The zero-order valence-electron chi connectivity index (χ0n) is 14.5. The zero-order chi connectivity index (χ0) is 18.4. The third-order valence-corrected chi connectivity index (χ3v) is 3.64. The van der Waals surface area contributed by atoms with E-state index in [0.29, 0.717) is 17.0 Å². The van der Waals surface area contributed by atoms with Gasteiger partial charge in [-0.1, -0.05) is 6.07 Å². The molecule has 132 valence electrons. The minimum atomic E-state index is -0.380. The van der Waals surface area contributed by atoms with Crippen molar-refractivity contribution >= 4 is 17.5 Å². The highest BCUT2D eigenvalue weighted by Gasteiger charge is 2.22. The Morgan fingerprint density at radius 2 is 1.84 bits per heavy atom. The minimum absolute atomic E-state index is 0.106. The van der Waals surface area contributed by atoms with Crippen molar-refractivity contribution in [1.82, 2.24) is 4.90 Å². The number of halogens is 1. The lowest BCUT2D eigenvalue weighted by atomic mass is 10.1. The van der Waals surface area contributed by atoms with E-state index in [1.54, 1.807) is 24.3 Å². The maximum absolute atomic E-state index is 12.9. The summed E-state index contributed by atoms with van der Waals surface area (Å²) >= 11 is 0. The molecule has 0 atom stereocenters. The number of amides is 2. The Labute approximate surface area is 146 Å². The number of nitrogens with zero attached hydrogens (tertiary/aromatic N) is 1. The van der Waals surface area contributed by atoms with E-state index < -0.39 is 0 Å². The van der Waals surface area contributed by atoms with Gasteiger partial charge >= 0.3 is 0 Å². The predicted octanol–water partition coefficient (Wildman–Crippen LogP) is 3.32. The van der Waals surface area contributed by atoms with Crippen LogP contribution in [0.25, 0.3) is 0 Å². The van der Waals surface area contributed by atoms with Gasteiger partial charge in [-0.2, -0.15) is 0 Å².